The molecule has 0 spiro atoms. The molecule has 24 heavy (non-hydrogen) atoms. The number of benzene rings is 2. The lowest BCUT2D eigenvalue weighted by atomic mass is 9.93. The summed E-state index contributed by atoms with van der Waals surface area (Å²) in [4.78, 5) is 17.1. The largest absolute Gasteiger partial charge is 0.465 e. The van der Waals surface area contributed by atoms with Crippen molar-refractivity contribution in [3.8, 4) is 11.1 Å². The molecule has 3 rings (SSSR count). The Morgan fingerprint density at radius 3 is 2.62 bits per heavy atom. The van der Waals surface area contributed by atoms with E-state index in [1.807, 2.05) is 30.3 Å². The van der Waals surface area contributed by atoms with Crippen LogP contribution in [0.4, 0.5) is 4.39 Å². The molecule has 4 nitrogen and oxygen atoms in total. The zero-order valence-corrected chi connectivity index (χ0v) is 13.3. The molecular weight excluding hydrogens is 307 g/mol. The van der Waals surface area contributed by atoms with E-state index in [9.17, 15) is 9.18 Å². The van der Waals surface area contributed by atoms with E-state index in [1.54, 1.807) is 6.07 Å². The summed E-state index contributed by atoms with van der Waals surface area (Å²) >= 11 is 0. The van der Waals surface area contributed by atoms with Crippen molar-refractivity contribution in [2.75, 3.05) is 13.7 Å². The number of aromatic nitrogens is 1. The summed E-state index contributed by atoms with van der Waals surface area (Å²) in [7, 11) is 1.31. The summed E-state index contributed by atoms with van der Waals surface area (Å²) in [5.41, 5.74) is 8.74. The second-order valence-corrected chi connectivity index (χ2v) is 5.37. The molecule has 3 aromatic rings. The summed E-state index contributed by atoms with van der Waals surface area (Å²) in [5, 5.41) is 0.432. The number of pyridine rings is 1. The molecule has 0 radical (unpaired) electrons. The summed E-state index contributed by atoms with van der Waals surface area (Å²) in [6.07, 6.45) is 0.502. The minimum atomic E-state index is -0.523. The fraction of sp³-hybridized carbons (Fsp3) is 0.158. The Hall–Kier alpha value is -2.79. The first-order valence-electron chi connectivity index (χ1n) is 7.61. The lowest BCUT2D eigenvalue weighted by Crippen LogP contribution is -2.12. The molecule has 122 valence electrons. The third-order valence-electron chi connectivity index (χ3n) is 3.86. The van der Waals surface area contributed by atoms with Gasteiger partial charge in [0.2, 0.25) is 0 Å². The van der Waals surface area contributed by atoms with Gasteiger partial charge in [0.05, 0.1) is 23.9 Å². The number of nitrogens with zero attached hydrogens (tertiary/aromatic N) is 1. The number of fused-ring (bicyclic) bond motifs is 1. The molecule has 5 heteroatoms. The average molecular weight is 324 g/mol. The van der Waals surface area contributed by atoms with Crippen molar-refractivity contribution in [2.45, 2.75) is 6.42 Å². The highest BCUT2D eigenvalue weighted by Gasteiger charge is 2.22. The molecule has 0 saturated heterocycles. The standard InChI is InChI=1S/C19H17FN2O2/c1-24-19(23)18-14-11-13(20)7-8-15(14)22-16(9-10-21)17(18)12-5-3-2-4-6-12/h2-8,11H,9-10,21H2,1H3. The highest BCUT2D eigenvalue weighted by atomic mass is 19.1. The number of carbonyl (C=O) groups is 1. The Kier molecular flexibility index (Phi) is 4.53. The number of ether oxygens (including phenoxy) is 1. The highest BCUT2D eigenvalue weighted by Crippen LogP contribution is 2.33. The van der Waals surface area contributed by atoms with Crippen molar-refractivity contribution < 1.29 is 13.9 Å². The van der Waals surface area contributed by atoms with Crippen molar-refractivity contribution in [1.29, 1.82) is 0 Å². The van der Waals surface area contributed by atoms with Crippen LogP contribution in [0.25, 0.3) is 22.0 Å². The maximum Gasteiger partial charge on any atom is 0.339 e. The van der Waals surface area contributed by atoms with E-state index in [2.05, 4.69) is 4.98 Å². The molecule has 0 aliphatic rings. The van der Waals surface area contributed by atoms with Gasteiger partial charge in [0, 0.05) is 17.4 Å². The Morgan fingerprint density at radius 2 is 1.96 bits per heavy atom. The van der Waals surface area contributed by atoms with E-state index in [0.717, 1.165) is 5.56 Å². The van der Waals surface area contributed by atoms with Gasteiger partial charge in [-0.05, 0) is 30.3 Å². The summed E-state index contributed by atoms with van der Waals surface area (Å²) < 4.78 is 18.7. The van der Waals surface area contributed by atoms with Gasteiger partial charge in [0.15, 0.2) is 0 Å². The zero-order valence-electron chi connectivity index (χ0n) is 13.3. The monoisotopic (exact) mass is 324 g/mol. The van der Waals surface area contributed by atoms with Gasteiger partial charge in [-0.25, -0.2) is 9.18 Å². The molecular formula is C19H17FN2O2. The van der Waals surface area contributed by atoms with Gasteiger partial charge in [-0.15, -0.1) is 0 Å². The lowest BCUT2D eigenvalue weighted by Gasteiger charge is -2.16. The smallest absolute Gasteiger partial charge is 0.339 e. The molecule has 2 aromatic carbocycles. The summed E-state index contributed by atoms with van der Waals surface area (Å²) in [6, 6.07) is 13.6. The average Bonchev–Trinajstić information content (AvgIpc) is 2.61. The van der Waals surface area contributed by atoms with Gasteiger partial charge < -0.3 is 10.5 Å². The van der Waals surface area contributed by atoms with Crippen LogP contribution in [-0.2, 0) is 11.2 Å². The predicted molar refractivity (Wildman–Crippen MR) is 91.2 cm³/mol. The lowest BCUT2D eigenvalue weighted by molar-refractivity contribution is 0.0603. The second-order valence-electron chi connectivity index (χ2n) is 5.37. The van der Waals surface area contributed by atoms with Gasteiger partial charge in [-0.3, -0.25) is 4.98 Å². The normalized spacial score (nSPS) is 10.8. The van der Waals surface area contributed by atoms with Crippen LogP contribution in [-0.4, -0.2) is 24.6 Å². The fourth-order valence-electron chi connectivity index (χ4n) is 2.83. The molecule has 0 aliphatic carbocycles. The number of nitrogens with two attached hydrogens (primary N) is 1. The van der Waals surface area contributed by atoms with E-state index >= 15 is 0 Å². The molecule has 0 amide bonds. The van der Waals surface area contributed by atoms with Crippen LogP contribution in [0.15, 0.2) is 48.5 Å². The van der Waals surface area contributed by atoms with E-state index in [1.165, 1.54) is 19.2 Å². The third-order valence-corrected chi connectivity index (χ3v) is 3.86. The Balaban J connectivity index is 2.44. The minimum Gasteiger partial charge on any atom is -0.465 e. The number of halogens is 1. The maximum atomic E-state index is 13.8. The molecule has 0 unspecified atom stereocenters. The van der Waals surface area contributed by atoms with E-state index in [-0.39, 0.29) is 0 Å². The molecule has 0 fully saturated rings. The highest BCUT2D eigenvalue weighted by molar-refractivity contribution is 6.09. The van der Waals surface area contributed by atoms with Gasteiger partial charge in [0.25, 0.3) is 0 Å². The first-order chi connectivity index (χ1) is 11.7. The van der Waals surface area contributed by atoms with Crippen LogP contribution in [0.3, 0.4) is 0 Å². The number of carbonyl (C=O) groups excluding carboxylic acids is 1. The van der Waals surface area contributed by atoms with Crippen LogP contribution in [0.1, 0.15) is 16.1 Å². The molecule has 1 heterocycles. The van der Waals surface area contributed by atoms with E-state index < -0.39 is 11.8 Å². The predicted octanol–water partition coefficient (Wildman–Crippen LogP) is 3.33. The Bertz CT molecular complexity index is 895. The SMILES string of the molecule is COC(=O)c1c(-c2ccccc2)c(CCN)nc2ccc(F)cc12. The minimum absolute atomic E-state index is 0.316. The van der Waals surface area contributed by atoms with Crippen LogP contribution in [0.2, 0.25) is 0 Å². The van der Waals surface area contributed by atoms with Crippen LogP contribution < -0.4 is 5.73 Å². The third kappa shape index (κ3) is 2.86. The molecule has 2 N–H and O–H groups in total. The van der Waals surface area contributed by atoms with Crippen molar-refractivity contribution in [2.24, 2.45) is 5.73 Å². The molecule has 0 aliphatic heterocycles. The van der Waals surface area contributed by atoms with Crippen molar-refractivity contribution >= 4 is 16.9 Å². The van der Waals surface area contributed by atoms with Crippen LogP contribution in [0, 0.1) is 5.82 Å². The molecule has 0 bridgehead atoms. The summed E-state index contributed by atoms with van der Waals surface area (Å²) in [5.74, 6) is -0.954. The Labute approximate surface area is 139 Å². The molecule has 0 saturated carbocycles. The van der Waals surface area contributed by atoms with Gasteiger partial charge >= 0.3 is 5.97 Å². The molecule has 0 atom stereocenters. The van der Waals surface area contributed by atoms with Crippen LogP contribution in [0.5, 0.6) is 0 Å². The Morgan fingerprint density at radius 1 is 1.21 bits per heavy atom. The number of hydrogen-bond donors (Lipinski definition) is 1. The number of rotatable bonds is 4. The maximum absolute atomic E-state index is 13.8. The number of hydrogen-bond acceptors (Lipinski definition) is 4. The number of esters is 1. The quantitative estimate of drug-likeness (QED) is 0.748. The molecule has 1 aromatic heterocycles. The number of methoxy groups -OCH3 is 1. The second kappa shape index (κ2) is 6.76. The fourth-order valence-corrected chi connectivity index (χ4v) is 2.83. The van der Waals surface area contributed by atoms with Gasteiger partial charge in [-0.2, -0.15) is 0 Å². The van der Waals surface area contributed by atoms with Gasteiger partial charge in [-0.1, -0.05) is 30.3 Å². The van der Waals surface area contributed by atoms with Crippen molar-refractivity contribution in [1.82, 2.24) is 4.98 Å². The van der Waals surface area contributed by atoms with Crippen molar-refractivity contribution in [3.05, 3.63) is 65.6 Å². The van der Waals surface area contributed by atoms with E-state index in [0.29, 0.717) is 40.7 Å². The zero-order chi connectivity index (χ0) is 17.1. The topological polar surface area (TPSA) is 65.2 Å². The first kappa shape index (κ1) is 16.1. The van der Waals surface area contributed by atoms with E-state index in [4.69, 9.17) is 10.5 Å². The van der Waals surface area contributed by atoms with Crippen LogP contribution >= 0.6 is 0 Å². The van der Waals surface area contributed by atoms with Crippen molar-refractivity contribution in [3.63, 3.8) is 0 Å². The first-order valence-corrected chi connectivity index (χ1v) is 7.61. The van der Waals surface area contributed by atoms with Gasteiger partial charge in [0.1, 0.15) is 5.82 Å². The summed E-state index contributed by atoms with van der Waals surface area (Å²) in [6.45, 7) is 0.389.